The second kappa shape index (κ2) is 32.1. The fourth-order valence-corrected chi connectivity index (χ4v) is 11.8. The summed E-state index contributed by atoms with van der Waals surface area (Å²) >= 11 is 15.0. The molecule has 0 aliphatic carbocycles. The molecule has 0 saturated heterocycles. The van der Waals surface area contributed by atoms with Crippen LogP contribution in [-0.4, -0.2) is 165 Å². The Hall–Kier alpha value is -1.08. The Morgan fingerprint density at radius 3 is 0.609 bits per heavy atom. The average Bonchev–Trinajstić information content (AvgIpc) is 0.729. The highest BCUT2D eigenvalue weighted by atomic mass is 35.8. The third-order valence-electron chi connectivity index (χ3n) is 12.1. The van der Waals surface area contributed by atoms with Gasteiger partial charge in [-0.15, -0.1) is 45.6 Å². The first-order valence-corrected chi connectivity index (χ1v) is 36.1. The molecule has 92 heavy (non-hydrogen) atoms. The van der Waals surface area contributed by atoms with E-state index in [1.165, 1.54) is 25.7 Å². The van der Waals surface area contributed by atoms with Crippen LogP contribution in [-0.2, 0) is 8.85 Å². The van der Waals surface area contributed by atoms with Crippen LogP contribution in [0.1, 0.15) is 86.5 Å². The molecule has 4 nitrogen and oxygen atoms in total. The van der Waals surface area contributed by atoms with Crippen molar-refractivity contribution in [2.24, 2.45) is 0 Å². The number of hydrogen-bond acceptors (Lipinski definition) is 4. The minimum absolute atomic E-state index is 0. The molecule has 0 aliphatic heterocycles. The number of hydrogen-bond donors (Lipinski definition) is 2. The molecule has 0 saturated carbocycles. The molecule has 0 fully saturated rings. The van der Waals surface area contributed by atoms with Gasteiger partial charge in [0.15, 0.2) is 16.6 Å². The highest BCUT2D eigenvalue weighted by Crippen LogP contribution is 2.64. The lowest BCUT2D eigenvalue weighted by molar-refractivity contribution is -0.440. The molecule has 562 valence electrons. The summed E-state index contributed by atoms with van der Waals surface area (Å²) in [5, 5.41) is 16.8. The van der Waals surface area contributed by atoms with Gasteiger partial charge in [-0.3, -0.25) is 0 Å². The van der Waals surface area contributed by atoms with Crippen LogP contribution in [0.3, 0.4) is 0 Å². The van der Waals surface area contributed by atoms with Gasteiger partial charge in [0, 0.05) is 19.3 Å². The summed E-state index contributed by atoms with van der Waals surface area (Å²) in [6, 6.07) is -8.68. The zero-order valence-electron chi connectivity index (χ0n) is 47.9. The minimum Gasteiger partial charge on any atom is -0.412 e. The van der Waals surface area contributed by atoms with Crippen LogP contribution in [0.15, 0.2) is 0 Å². The normalized spacial score (nSPS) is 16.6. The lowest BCUT2D eigenvalue weighted by Crippen LogP contribution is -2.70. The number of unbranched alkanes of at least 4 members (excludes halogenated alkanes) is 3. The van der Waals surface area contributed by atoms with Gasteiger partial charge in [0.25, 0.3) is 0 Å². The average molecular weight is 1590 g/mol. The first-order chi connectivity index (χ1) is 38.9. The lowest BCUT2D eigenvalue weighted by Gasteiger charge is -2.41. The Labute approximate surface area is 520 Å². The van der Waals surface area contributed by atoms with Crippen LogP contribution in [0.25, 0.3) is 0 Å². The van der Waals surface area contributed by atoms with Gasteiger partial charge in [-0.05, 0) is 72.0 Å². The van der Waals surface area contributed by atoms with E-state index in [1.54, 1.807) is 13.8 Å². The minimum atomic E-state index is -8.14. The molecular formula is C42H57Cl4F39O4Si3. The van der Waals surface area contributed by atoms with E-state index in [0.717, 1.165) is 40.0 Å². The number of aliphatic hydroxyl groups excluding tert-OH is 2. The Balaban J connectivity index is -0.000000542. The Bertz CT molecular complexity index is 2100. The summed E-state index contributed by atoms with van der Waals surface area (Å²) in [6.07, 6.45) is -29.3. The predicted octanol–water partition coefficient (Wildman–Crippen LogP) is 22.0. The maximum Gasteiger partial charge on any atom is 0.460 e. The van der Waals surface area contributed by atoms with Gasteiger partial charge in [0.1, 0.15) is 0 Å². The van der Waals surface area contributed by atoms with Crippen LogP contribution >= 0.6 is 45.6 Å². The quantitative estimate of drug-likeness (QED) is 0.0326. The van der Waals surface area contributed by atoms with E-state index in [-0.39, 0.29) is 12.4 Å². The molecule has 0 radical (unpaired) electrons. The van der Waals surface area contributed by atoms with E-state index in [1.807, 2.05) is 0 Å². The molecule has 2 N–H and O–H groups in total. The smallest absolute Gasteiger partial charge is 0.412 e. The van der Waals surface area contributed by atoms with E-state index in [2.05, 4.69) is 13.8 Å². The third kappa shape index (κ3) is 22.2. The molecule has 0 aromatic heterocycles. The van der Waals surface area contributed by atoms with E-state index in [9.17, 15) is 171 Å². The highest BCUT2D eigenvalue weighted by Gasteiger charge is 2.93. The Morgan fingerprint density at radius 2 is 0.467 bits per heavy atom. The Kier molecular flexibility index (Phi) is 34.7. The van der Waals surface area contributed by atoms with Gasteiger partial charge in [-0.25, -0.2) is 0 Å². The van der Waals surface area contributed by atoms with Crippen molar-refractivity contribution < 1.29 is 190 Å². The molecule has 0 aromatic carbocycles. The first kappa shape index (κ1) is 99.6. The first-order valence-electron chi connectivity index (χ1n) is 24.6. The molecule has 50 heteroatoms. The molecule has 0 spiro atoms. The molecule has 0 rings (SSSR count). The van der Waals surface area contributed by atoms with Crippen LogP contribution < -0.4 is 0 Å². The van der Waals surface area contributed by atoms with E-state index in [0.29, 0.717) is 0 Å². The highest BCUT2D eigenvalue weighted by molar-refractivity contribution is 7.64. The fraction of sp³-hybridized carbons (Fsp3) is 1.00. The summed E-state index contributed by atoms with van der Waals surface area (Å²) in [4.78, 5) is 0. The van der Waals surface area contributed by atoms with Crippen molar-refractivity contribution in [3.63, 3.8) is 0 Å². The van der Waals surface area contributed by atoms with Gasteiger partial charge >= 0.3 is 113 Å². The van der Waals surface area contributed by atoms with E-state index in [4.69, 9.17) is 52.3 Å². The summed E-state index contributed by atoms with van der Waals surface area (Å²) in [5.41, 5.74) is 0. The van der Waals surface area contributed by atoms with Crippen molar-refractivity contribution in [1.29, 1.82) is 0 Å². The van der Waals surface area contributed by atoms with Crippen molar-refractivity contribution in [2.75, 3.05) is 0 Å². The van der Waals surface area contributed by atoms with Crippen molar-refractivity contribution in [3.05, 3.63) is 0 Å². The Morgan fingerprint density at radius 1 is 0.304 bits per heavy atom. The van der Waals surface area contributed by atoms with Crippen molar-refractivity contribution in [1.82, 2.24) is 0 Å². The zero-order chi connectivity index (χ0) is 75.3. The number of alkyl halides is 39. The standard InChI is InChI=1S/C24H28F26O2Si2.C8H4Cl3F13Si.C6H14.C4H10O2.ClH/c1-11(51-53(3,4)9-7-13(25,26)15(29,30)17(33,34)19(37,38)21(41,42)23(45,46)47)12(2)52-54(5,6)10-8-14(27,28)16(31,32)18(35,36)20(39,40)22(43,44)24(48,49)50;9-25(10,11)2-1-3(12,13)4(14,15)5(16,17)6(18,19)7(20,21)8(22,23)24;1-3-5-6-4-2;1-3(5)4(2)6;/h11-12H,7-10H2,1-6H3;1-2H2;3-6H2,1-2H3;3-6H,1-2H3;1H/t11-,12+;;;3-,4+;. The molecule has 0 heterocycles. The zero-order valence-corrected chi connectivity index (χ0v) is 54.0. The van der Waals surface area contributed by atoms with Crippen LogP contribution in [0.2, 0.25) is 44.3 Å². The van der Waals surface area contributed by atoms with Crippen molar-refractivity contribution in [2.45, 2.75) is 263 Å². The summed E-state index contributed by atoms with van der Waals surface area (Å²) < 4.78 is 523. The van der Waals surface area contributed by atoms with E-state index < -0.39 is 192 Å². The second-order valence-corrected chi connectivity index (χ2v) is 38.8. The summed E-state index contributed by atoms with van der Waals surface area (Å²) in [7, 11) is -8.12. The summed E-state index contributed by atoms with van der Waals surface area (Å²) in [6.45, 7) is 12.7. The lowest BCUT2D eigenvalue weighted by atomic mass is 9.93. The summed E-state index contributed by atoms with van der Waals surface area (Å²) in [5.74, 6) is -113. The predicted molar refractivity (Wildman–Crippen MR) is 260 cm³/mol. The van der Waals surface area contributed by atoms with Gasteiger partial charge in [0.05, 0.1) is 24.4 Å². The molecule has 0 amide bonds. The topological polar surface area (TPSA) is 58.9 Å². The number of rotatable bonds is 30. The maximum absolute atomic E-state index is 14.2. The van der Waals surface area contributed by atoms with Gasteiger partial charge in [-0.1, -0.05) is 39.5 Å². The van der Waals surface area contributed by atoms with Crippen molar-refractivity contribution in [3.8, 4) is 0 Å². The largest absolute Gasteiger partial charge is 0.460 e. The van der Waals surface area contributed by atoms with Crippen molar-refractivity contribution >= 4 is 68.3 Å². The SMILES string of the molecule is CCCCCC.C[C@H](O)[C@@H](C)O.C[C@H](O[Si](C)(C)CCC(F)(F)C(F)(F)C(F)(F)C(F)(F)C(F)(F)C(F)(F)F)[C@@H](C)O[Si](C)(C)CCC(F)(F)C(F)(F)C(F)(F)C(F)(F)C(F)(F)C(F)(F)F.Cl.FC(F)(F)C(F)(F)C(F)(F)C(F)(F)C(F)(F)C(F)(F)CC[Si](Cl)(Cl)Cl. The maximum atomic E-state index is 14.2. The van der Waals surface area contributed by atoms with Crippen LogP contribution in [0.4, 0.5) is 171 Å². The van der Waals surface area contributed by atoms with Crippen LogP contribution in [0.5, 0.6) is 0 Å². The molecule has 0 bridgehead atoms. The molecular weight excluding hydrogens is 1540 g/mol. The van der Waals surface area contributed by atoms with Gasteiger partial charge in [0.2, 0.25) is 0 Å². The monoisotopic (exact) mass is 1590 g/mol. The second-order valence-electron chi connectivity index (χ2n) is 21.0. The van der Waals surface area contributed by atoms with Gasteiger partial charge in [-0.2, -0.15) is 171 Å². The van der Waals surface area contributed by atoms with Gasteiger partial charge < -0.3 is 19.1 Å². The molecule has 0 unspecified atom stereocenters. The van der Waals surface area contributed by atoms with E-state index >= 15 is 0 Å². The van der Waals surface area contributed by atoms with Crippen LogP contribution in [0, 0.1) is 0 Å². The molecule has 0 aliphatic rings. The molecule has 4 atom stereocenters. The third-order valence-corrected chi connectivity index (χ3v) is 19.6. The fourth-order valence-electron chi connectivity index (χ4n) is 5.91. The number of halogens is 43. The molecule has 0 aromatic rings. The number of aliphatic hydroxyl groups is 2.